The number of alkyl halides is 3. The highest BCUT2D eigenvalue weighted by Crippen LogP contribution is 2.29. The number of nitrogens with one attached hydrogen (secondary N) is 1. The summed E-state index contributed by atoms with van der Waals surface area (Å²) in [4.78, 5) is 23.2. The van der Waals surface area contributed by atoms with Gasteiger partial charge >= 0.3 is 6.18 Å². The van der Waals surface area contributed by atoms with Gasteiger partial charge in [-0.3, -0.25) is 9.69 Å². The lowest BCUT2D eigenvalue weighted by Crippen LogP contribution is -2.48. The molecule has 0 unspecified atom stereocenters. The molecule has 0 saturated carbocycles. The fraction of sp³-hybridized carbons (Fsp3) is 0.375. The predicted octanol–water partition coefficient (Wildman–Crippen LogP) is 2.39. The van der Waals surface area contributed by atoms with Gasteiger partial charge in [-0.2, -0.15) is 13.2 Å². The van der Waals surface area contributed by atoms with Crippen LogP contribution in [-0.2, 0) is 12.7 Å². The lowest BCUT2D eigenvalue weighted by Gasteiger charge is -2.34. The van der Waals surface area contributed by atoms with Crippen LogP contribution in [0.1, 0.15) is 21.6 Å². The highest BCUT2D eigenvalue weighted by Gasteiger charge is 2.31. The summed E-state index contributed by atoms with van der Waals surface area (Å²) >= 11 is 0. The summed E-state index contributed by atoms with van der Waals surface area (Å²) in [6.45, 7) is 3.03. The molecule has 24 heavy (non-hydrogen) atoms. The minimum Gasteiger partial charge on any atom is -0.347 e. The van der Waals surface area contributed by atoms with Crippen LogP contribution in [-0.4, -0.2) is 51.9 Å². The standard InChI is InChI=1S/C16H17F3N4O/c17-16(18,19)13-3-1-2-12(8-13)15(24)23-6-4-22(5-7-23)10-14-9-20-11-21-14/h1-3,8-9,11H,4-7,10H2,(H,20,21). The Hall–Kier alpha value is -2.35. The molecule has 0 atom stereocenters. The maximum Gasteiger partial charge on any atom is 0.416 e. The van der Waals surface area contributed by atoms with E-state index in [4.69, 9.17) is 0 Å². The van der Waals surface area contributed by atoms with E-state index in [9.17, 15) is 18.0 Å². The molecule has 3 rings (SSSR count). The van der Waals surface area contributed by atoms with E-state index in [-0.39, 0.29) is 11.5 Å². The van der Waals surface area contributed by atoms with Gasteiger partial charge in [0.25, 0.3) is 5.91 Å². The van der Waals surface area contributed by atoms with E-state index in [0.717, 1.165) is 17.8 Å². The summed E-state index contributed by atoms with van der Waals surface area (Å²) in [5.41, 5.74) is 0.269. The third kappa shape index (κ3) is 3.76. The molecule has 1 aliphatic heterocycles. The van der Waals surface area contributed by atoms with Crippen LogP contribution in [0.25, 0.3) is 0 Å². The lowest BCUT2D eigenvalue weighted by molar-refractivity contribution is -0.137. The number of piperazine rings is 1. The zero-order chi connectivity index (χ0) is 17.2. The molecule has 5 nitrogen and oxygen atoms in total. The van der Waals surface area contributed by atoms with Crippen LogP contribution in [0.4, 0.5) is 13.2 Å². The second-order valence-electron chi connectivity index (χ2n) is 5.72. The number of H-pyrrole nitrogens is 1. The molecule has 2 aromatic rings. The van der Waals surface area contributed by atoms with Gasteiger partial charge in [0.05, 0.1) is 11.9 Å². The van der Waals surface area contributed by atoms with Crippen LogP contribution in [0.5, 0.6) is 0 Å². The van der Waals surface area contributed by atoms with Crippen LogP contribution in [0.15, 0.2) is 36.8 Å². The Morgan fingerprint density at radius 2 is 1.96 bits per heavy atom. The largest absolute Gasteiger partial charge is 0.416 e. The number of amides is 1. The Balaban J connectivity index is 1.61. The Bertz CT molecular complexity index is 692. The van der Waals surface area contributed by atoms with Gasteiger partial charge in [-0.1, -0.05) is 6.07 Å². The predicted molar refractivity (Wildman–Crippen MR) is 81.2 cm³/mol. The van der Waals surface area contributed by atoms with E-state index in [1.165, 1.54) is 12.1 Å². The number of carbonyl (C=O) groups excluding carboxylic acids is 1. The average molecular weight is 338 g/mol. The van der Waals surface area contributed by atoms with Crippen molar-refractivity contribution >= 4 is 5.91 Å². The van der Waals surface area contributed by atoms with Gasteiger partial charge in [-0.05, 0) is 18.2 Å². The molecule has 1 fully saturated rings. The van der Waals surface area contributed by atoms with Crippen molar-refractivity contribution in [3.05, 3.63) is 53.6 Å². The SMILES string of the molecule is O=C(c1cccc(C(F)(F)F)c1)N1CCN(Cc2cnc[nH]2)CC1. The zero-order valence-electron chi connectivity index (χ0n) is 12.9. The van der Waals surface area contributed by atoms with Gasteiger partial charge in [0.1, 0.15) is 0 Å². The fourth-order valence-electron chi connectivity index (χ4n) is 2.73. The monoisotopic (exact) mass is 338 g/mol. The first kappa shape index (κ1) is 16.5. The molecule has 1 aromatic carbocycles. The van der Waals surface area contributed by atoms with Crippen molar-refractivity contribution in [2.24, 2.45) is 0 Å². The molecule has 0 spiro atoms. The van der Waals surface area contributed by atoms with Crippen LogP contribution in [0.3, 0.4) is 0 Å². The topological polar surface area (TPSA) is 52.2 Å². The Labute approximate surface area is 137 Å². The number of hydrogen-bond acceptors (Lipinski definition) is 3. The molecule has 1 aliphatic rings. The van der Waals surface area contributed by atoms with Gasteiger partial charge < -0.3 is 9.88 Å². The fourth-order valence-corrected chi connectivity index (χ4v) is 2.73. The molecule has 0 aliphatic carbocycles. The first-order valence-corrected chi connectivity index (χ1v) is 7.59. The second-order valence-corrected chi connectivity index (χ2v) is 5.72. The number of hydrogen-bond donors (Lipinski definition) is 1. The molecule has 0 radical (unpaired) electrons. The van der Waals surface area contributed by atoms with Crippen molar-refractivity contribution in [1.82, 2.24) is 19.8 Å². The number of aromatic amines is 1. The maximum absolute atomic E-state index is 12.8. The third-order valence-corrected chi connectivity index (χ3v) is 4.05. The Morgan fingerprint density at radius 3 is 2.58 bits per heavy atom. The molecule has 2 heterocycles. The summed E-state index contributed by atoms with van der Waals surface area (Å²) in [5, 5.41) is 0. The van der Waals surface area contributed by atoms with Crippen molar-refractivity contribution in [2.45, 2.75) is 12.7 Å². The normalized spacial score (nSPS) is 16.4. The minimum absolute atomic E-state index is 0.0758. The maximum atomic E-state index is 12.8. The molecule has 1 N–H and O–H groups in total. The van der Waals surface area contributed by atoms with Crippen molar-refractivity contribution in [3.8, 4) is 0 Å². The van der Waals surface area contributed by atoms with Crippen molar-refractivity contribution in [1.29, 1.82) is 0 Å². The summed E-state index contributed by atoms with van der Waals surface area (Å²) in [6, 6.07) is 4.58. The van der Waals surface area contributed by atoms with Gasteiger partial charge in [0.15, 0.2) is 0 Å². The number of aromatic nitrogens is 2. The van der Waals surface area contributed by atoms with E-state index in [1.54, 1.807) is 17.4 Å². The third-order valence-electron chi connectivity index (χ3n) is 4.05. The van der Waals surface area contributed by atoms with Crippen molar-refractivity contribution in [3.63, 3.8) is 0 Å². The van der Waals surface area contributed by atoms with Gasteiger partial charge in [-0.15, -0.1) is 0 Å². The summed E-state index contributed by atoms with van der Waals surface area (Å²) in [5.74, 6) is -0.359. The van der Waals surface area contributed by atoms with Crippen LogP contribution in [0.2, 0.25) is 0 Å². The first-order chi connectivity index (χ1) is 11.4. The summed E-state index contributed by atoms with van der Waals surface area (Å²) in [7, 11) is 0. The van der Waals surface area contributed by atoms with E-state index < -0.39 is 11.7 Å². The van der Waals surface area contributed by atoms with Crippen LogP contribution < -0.4 is 0 Å². The van der Waals surface area contributed by atoms with E-state index in [1.807, 2.05) is 0 Å². The Kier molecular flexibility index (Phi) is 4.57. The van der Waals surface area contributed by atoms with Gasteiger partial charge in [0.2, 0.25) is 0 Å². The highest BCUT2D eigenvalue weighted by atomic mass is 19.4. The Morgan fingerprint density at radius 1 is 1.21 bits per heavy atom. The highest BCUT2D eigenvalue weighted by molar-refractivity contribution is 5.94. The average Bonchev–Trinajstić information content (AvgIpc) is 3.07. The molecule has 1 aromatic heterocycles. The van der Waals surface area contributed by atoms with Gasteiger partial charge in [0, 0.05) is 50.2 Å². The first-order valence-electron chi connectivity index (χ1n) is 7.59. The number of halogens is 3. The number of rotatable bonds is 3. The van der Waals surface area contributed by atoms with Crippen molar-refractivity contribution < 1.29 is 18.0 Å². The summed E-state index contributed by atoms with van der Waals surface area (Å²) < 4.78 is 38.3. The molecule has 8 heteroatoms. The van der Waals surface area contributed by atoms with Gasteiger partial charge in [-0.25, -0.2) is 4.98 Å². The zero-order valence-corrected chi connectivity index (χ0v) is 12.9. The quantitative estimate of drug-likeness (QED) is 0.935. The lowest BCUT2D eigenvalue weighted by atomic mass is 10.1. The molecule has 0 bridgehead atoms. The molecule has 128 valence electrons. The van der Waals surface area contributed by atoms with Crippen molar-refractivity contribution in [2.75, 3.05) is 26.2 Å². The number of benzene rings is 1. The molecule has 1 saturated heterocycles. The van der Waals surface area contributed by atoms with E-state index in [2.05, 4.69) is 14.9 Å². The van der Waals surface area contributed by atoms with E-state index in [0.29, 0.717) is 32.7 Å². The minimum atomic E-state index is -4.45. The number of nitrogens with zero attached hydrogens (tertiary/aromatic N) is 3. The van der Waals surface area contributed by atoms with Crippen LogP contribution >= 0.6 is 0 Å². The number of carbonyl (C=O) groups is 1. The van der Waals surface area contributed by atoms with E-state index >= 15 is 0 Å². The summed E-state index contributed by atoms with van der Waals surface area (Å²) in [6.07, 6.45) is -1.08. The molecular formula is C16H17F3N4O. The number of imidazole rings is 1. The second kappa shape index (κ2) is 6.64. The van der Waals surface area contributed by atoms with Crippen LogP contribution in [0, 0.1) is 0 Å². The smallest absolute Gasteiger partial charge is 0.347 e. The molecule has 1 amide bonds. The molecular weight excluding hydrogens is 321 g/mol.